The fourth-order valence-electron chi connectivity index (χ4n) is 0.754. The summed E-state index contributed by atoms with van der Waals surface area (Å²) < 4.78 is 4.49. The molecule has 0 heterocycles. The van der Waals surface area contributed by atoms with Gasteiger partial charge in [0.05, 0.1) is 7.11 Å². The highest BCUT2D eigenvalue weighted by Crippen LogP contribution is 2.05. The second-order valence-electron chi connectivity index (χ2n) is 2.46. The maximum atomic E-state index is 10.6. The van der Waals surface area contributed by atoms with E-state index >= 15 is 0 Å². The van der Waals surface area contributed by atoms with Crippen molar-refractivity contribution in [1.29, 1.82) is 0 Å². The summed E-state index contributed by atoms with van der Waals surface area (Å²) >= 11 is 0. The maximum Gasteiger partial charge on any atom is 0.305 e. The zero-order valence-electron chi connectivity index (χ0n) is 7.00. The van der Waals surface area contributed by atoms with Crippen molar-refractivity contribution in [3.8, 4) is 0 Å². The van der Waals surface area contributed by atoms with Crippen LogP contribution in [-0.2, 0) is 9.53 Å². The van der Waals surface area contributed by atoms with Crippen molar-refractivity contribution in [2.45, 2.75) is 19.8 Å². The van der Waals surface area contributed by atoms with Crippen LogP contribution in [0.15, 0.2) is 0 Å². The third kappa shape index (κ3) is 7.62. The fourth-order valence-corrected chi connectivity index (χ4v) is 0.754. The first-order valence-corrected chi connectivity index (χ1v) is 3.47. The molecule has 2 N–H and O–H groups in total. The Bertz CT molecular complexity index is 109. The van der Waals surface area contributed by atoms with E-state index in [0.29, 0.717) is 18.9 Å². The second-order valence-corrected chi connectivity index (χ2v) is 2.46. The van der Waals surface area contributed by atoms with Gasteiger partial charge in [-0.25, -0.2) is 0 Å². The summed E-state index contributed by atoms with van der Waals surface area (Å²) in [6.07, 6.45) is 1.36. The number of rotatable bonds is 4. The van der Waals surface area contributed by atoms with Gasteiger partial charge in [0.2, 0.25) is 0 Å². The van der Waals surface area contributed by atoms with Gasteiger partial charge >= 0.3 is 5.97 Å². The summed E-state index contributed by atoms with van der Waals surface area (Å²) in [6.45, 7) is 2.63. The van der Waals surface area contributed by atoms with Crippen LogP contribution in [0.3, 0.4) is 0 Å². The number of hydrogen-bond acceptors (Lipinski definition) is 3. The number of nitrogens with two attached hydrogens (primary N) is 1. The Kier molecular flexibility index (Phi) is 9.47. The number of hydrogen-bond donors (Lipinski definition) is 1. The van der Waals surface area contributed by atoms with Crippen LogP contribution in [0.2, 0.25) is 0 Å². The molecule has 0 aliphatic rings. The standard InChI is InChI=1S/C7H15NO2.ClH/c1-6(3-4-8)5-7(9)10-2;/h6H,3-5,8H2,1-2H3;1H. The monoisotopic (exact) mass is 181 g/mol. The Labute approximate surface area is 73.7 Å². The maximum absolute atomic E-state index is 10.6. The Morgan fingerprint density at radius 3 is 2.55 bits per heavy atom. The second kappa shape index (κ2) is 7.82. The lowest BCUT2D eigenvalue weighted by atomic mass is 10.0. The van der Waals surface area contributed by atoms with Gasteiger partial charge in [0, 0.05) is 6.42 Å². The van der Waals surface area contributed by atoms with Crippen LogP contribution >= 0.6 is 12.4 Å². The van der Waals surface area contributed by atoms with Crippen molar-refractivity contribution >= 4 is 18.4 Å². The molecule has 0 aromatic rings. The fraction of sp³-hybridized carbons (Fsp3) is 0.857. The van der Waals surface area contributed by atoms with Gasteiger partial charge in [0.1, 0.15) is 0 Å². The molecule has 1 atom stereocenters. The molecule has 68 valence electrons. The summed E-state index contributed by atoms with van der Waals surface area (Å²) in [5, 5.41) is 0. The van der Waals surface area contributed by atoms with E-state index < -0.39 is 0 Å². The summed E-state index contributed by atoms with van der Waals surface area (Å²) in [6, 6.07) is 0. The summed E-state index contributed by atoms with van der Waals surface area (Å²) in [5.74, 6) is 0.193. The topological polar surface area (TPSA) is 52.3 Å². The van der Waals surface area contributed by atoms with Crippen LogP contribution in [0, 0.1) is 5.92 Å². The Morgan fingerprint density at radius 1 is 1.64 bits per heavy atom. The van der Waals surface area contributed by atoms with Gasteiger partial charge < -0.3 is 10.5 Å². The van der Waals surface area contributed by atoms with Crippen molar-refractivity contribution in [3.63, 3.8) is 0 Å². The minimum Gasteiger partial charge on any atom is -0.469 e. The minimum absolute atomic E-state index is 0. The SMILES string of the molecule is COC(=O)CC(C)CCN.Cl. The number of esters is 1. The summed E-state index contributed by atoms with van der Waals surface area (Å²) in [7, 11) is 1.40. The van der Waals surface area contributed by atoms with Crippen LogP contribution in [0.4, 0.5) is 0 Å². The van der Waals surface area contributed by atoms with Crippen molar-refractivity contribution < 1.29 is 9.53 Å². The first-order chi connectivity index (χ1) is 4.70. The normalized spacial score (nSPS) is 11.5. The van der Waals surface area contributed by atoms with Gasteiger partial charge in [0.15, 0.2) is 0 Å². The quantitative estimate of drug-likeness (QED) is 0.658. The molecular weight excluding hydrogens is 166 g/mol. The van der Waals surface area contributed by atoms with E-state index in [1.165, 1.54) is 7.11 Å². The largest absolute Gasteiger partial charge is 0.469 e. The van der Waals surface area contributed by atoms with Crippen molar-refractivity contribution in [1.82, 2.24) is 0 Å². The van der Waals surface area contributed by atoms with Crippen molar-refractivity contribution in [2.24, 2.45) is 11.7 Å². The van der Waals surface area contributed by atoms with E-state index in [1.807, 2.05) is 6.92 Å². The molecule has 0 amide bonds. The zero-order chi connectivity index (χ0) is 7.98. The molecule has 0 saturated carbocycles. The number of methoxy groups -OCH3 is 1. The van der Waals surface area contributed by atoms with Gasteiger partial charge in [-0.1, -0.05) is 6.92 Å². The molecule has 0 aromatic carbocycles. The molecule has 0 aromatic heterocycles. The van der Waals surface area contributed by atoms with Gasteiger partial charge in [-0.15, -0.1) is 12.4 Å². The molecule has 0 radical (unpaired) electrons. The van der Waals surface area contributed by atoms with Crippen LogP contribution in [-0.4, -0.2) is 19.6 Å². The smallest absolute Gasteiger partial charge is 0.305 e. The van der Waals surface area contributed by atoms with E-state index in [2.05, 4.69) is 4.74 Å². The number of carbonyl (C=O) groups excluding carboxylic acids is 1. The molecule has 0 spiro atoms. The Hall–Kier alpha value is -0.280. The van der Waals surface area contributed by atoms with Crippen LogP contribution < -0.4 is 5.73 Å². The molecular formula is C7H16ClNO2. The highest BCUT2D eigenvalue weighted by Gasteiger charge is 2.06. The predicted octanol–water partition coefficient (Wildman–Crippen LogP) is 0.956. The van der Waals surface area contributed by atoms with Gasteiger partial charge in [0.25, 0.3) is 0 Å². The van der Waals surface area contributed by atoms with E-state index in [4.69, 9.17) is 5.73 Å². The molecule has 0 aliphatic carbocycles. The van der Waals surface area contributed by atoms with Gasteiger partial charge in [-0.05, 0) is 18.9 Å². The lowest BCUT2D eigenvalue weighted by Crippen LogP contribution is -2.11. The summed E-state index contributed by atoms with van der Waals surface area (Å²) in [5.41, 5.74) is 5.29. The highest BCUT2D eigenvalue weighted by atomic mass is 35.5. The lowest BCUT2D eigenvalue weighted by Gasteiger charge is -2.06. The highest BCUT2D eigenvalue weighted by molar-refractivity contribution is 5.85. The summed E-state index contributed by atoms with van der Waals surface area (Å²) in [4.78, 5) is 10.6. The molecule has 4 heteroatoms. The molecule has 1 unspecified atom stereocenters. The predicted molar refractivity (Wildman–Crippen MR) is 46.7 cm³/mol. The van der Waals surface area contributed by atoms with Crippen LogP contribution in [0.1, 0.15) is 19.8 Å². The first kappa shape index (κ1) is 13.3. The number of carbonyl (C=O) groups is 1. The minimum atomic E-state index is -0.152. The van der Waals surface area contributed by atoms with Crippen molar-refractivity contribution in [2.75, 3.05) is 13.7 Å². The number of ether oxygens (including phenoxy) is 1. The molecule has 0 rings (SSSR count). The Morgan fingerprint density at radius 2 is 2.18 bits per heavy atom. The average molecular weight is 182 g/mol. The molecule has 0 bridgehead atoms. The Balaban J connectivity index is 0. The third-order valence-corrected chi connectivity index (χ3v) is 1.40. The molecule has 0 saturated heterocycles. The van der Waals surface area contributed by atoms with E-state index in [1.54, 1.807) is 0 Å². The molecule has 3 nitrogen and oxygen atoms in total. The third-order valence-electron chi connectivity index (χ3n) is 1.40. The van der Waals surface area contributed by atoms with E-state index in [9.17, 15) is 4.79 Å². The average Bonchev–Trinajstić information content (AvgIpc) is 1.88. The first-order valence-electron chi connectivity index (χ1n) is 3.47. The van der Waals surface area contributed by atoms with Crippen LogP contribution in [0.5, 0.6) is 0 Å². The molecule has 11 heavy (non-hydrogen) atoms. The van der Waals surface area contributed by atoms with Gasteiger partial charge in [-0.3, -0.25) is 4.79 Å². The van der Waals surface area contributed by atoms with Crippen LogP contribution in [0.25, 0.3) is 0 Å². The zero-order valence-corrected chi connectivity index (χ0v) is 7.82. The molecule has 0 fully saturated rings. The van der Waals surface area contributed by atoms with Gasteiger partial charge in [-0.2, -0.15) is 0 Å². The van der Waals surface area contributed by atoms with E-state index in [-0.39, 0.29) is 18.4 Å². The molecule has 0 aliphatic heterocycles. The lowest BCUT2D eigenvalue weighted by molar-refractivity contribution is -0.141. The van der Waals surface area contributed by atoms with Crippen molar-refractivity contribution in [3.05, 3.63) is 0 Å². The van der Waals surface area contributed by atoms with E-state index in [0.717, 1.165) is 6.42 Å². The number of halogens is 1.